The molecule has 4 fully saturated rings. The summed E-state index contributed by atoms with van der Waals surface area (Å²) >= 11 is 0. The van der Waals surface area contributed by atoms with E-state index in [0.29, 0.717) is 29.4 Å². The van der Waals surface area contributed by atoms with E-state index in [-0.39, 0.29) is 11.9 Å². The molecule has 1 saturated heterocycles. The van der Waals surface area contributed by atoms with Gasteiger partial charge < -0.3 is 9.47 Å². The maximum atomic E-state index is 12.4. The van der Waals surface area contributed by atoms with E-state index in [9.17, 15) is 4.79 Å². The highest BCUT2D eigenvalue weighted by Crippen LogP contribution is 2.62. The van der Waals surface area contributed by atoms with E-state index in [2.05, 4.69) is 13.8 Å². The topological polar surface area (TPSA) is 35.5 Å². The average molecular weight is 286 g/mol. The highest BCUT2D eigenvalue weighted by molar-refractivity contribution is 5.98. The zero-order valence-electron chi connectivity index (χ0n) is 12.6. The lowest BCUT2D eigenvalue weighted by Gasteiger charge is -2.63. The molecule has 3 heteroatoms. The average Bonchev–Trinajstić information content (AvgIpc) is 2.53. The molecule has 1 heterocycles. The fourth-order valence-corrected chi connectivity index (χ4v) is 4.55. The molecule has 0 radical (unpaired) electrons. The van der Waals surface area contributed by atoms with E-state index in [1.54, 1.807) is 0 Å². The second-order valence-corrected chi connectivity index (χ2v) is 7.33. The van der Waals surface area contributed by atoms with Gasteiger partial charge in [0.05, 0.1) is 12.7 Å². The van der Waals surface area contributed by atoms with Crippen LogP contribution in [0.1, 0.15) is 37.0 Å². The van der Waals surface area contributed by atoms with Gasteiger partial charge in [0.2, 0.25) is 12.1 Å². The SMILES string of the molecule is CC1(C)[C@H]2C[C@@H]3O[C@H](C(=O)c4ccccc4)OC[C@H]3[C@@H]1C2. The smallest absolute Gasteiger partial charge is 0.222 e. The van der Waals surface area contributed by atoms with Crippen molar-refractivity contribution in [3.8, 4) is 0 Å². The molecule has 0 spiro atoms. The molecule has 21 heavy (non-hydrogen) atoms. The molecule has 1 aromatic carbocycles. The van der Waals surface area contributed by atoms with Gasteiger partial charge in [-0.05, 0) is 30.1 Å². The van der Waals surface area contributed by atoms with E-state index in [4.69, 9.17) is 9.47 Å². The Hall–Kier alpha value is -1.19. The molecule has 1 aliphatic heterocycles. The lowest BCUT2D eigenvalue weighted by molar-refractivity contribution is -0.279. The van der Waals surface area contributed by atoms with Crippen LogP contribution >= 0.6 is 0 Å². The Bertz CT molecular complexity index is 551. The quantitative estimate of drug-likeness (QED) is 0.783. The Morgan fingerprint density at radius 1 is 1.19 bits per heavy atom. The molecule has 2 bridgehead atoms. The summed E-state index contributed by atoms with van der Waals surface area (Å²) in [5.41, 5.74) is 1.09. The van der Waals surface area contributed by atoms with Gasteiger partial charge in [0.15, 0.2) is 0 Å². The second kappa shape index (κ2) is 4.65. The summed E-state index contributed by atoms with van der Waals surface area (Å²) in [6.07, 6.45) is 1.87. The molecule has 0 amide bonds. The standard InChI is InChI=1S/C18H22O3/c1-18(2)12-8-14(18)13-10-20-17(21-15(13)9-12)16(19)11-6-4-3-5-7-11/h3-7,12-15,17H,8-10H2,1-2H3/t12-,13+,14+,15+,17-/m1/s1. The van der Waals surface area contributed by atoms with E-state index in [1.165, 1.54) is 6.42 Å². The largest absolute Gasteiger partial charge is 0.345 e. The van der Waals surface area contributed by atoms with Crippen molar-refractivity contribution in [2.75, 3.05) is 6.61 Å². The zero-order chi connectivity index (χ0) is 14.6. The molecular formula is C18H22O3. The summed E-state index contributed by atoms with van der Waals surface area (Å²) in [6.45, 7) is 5.39. The van der Waals surface area contributed by atoms with E-state index < -0.39 is 6.29 Å². The van der Waals surface area contributed by atoms with E-state index in [1.807, 2.05) is 30.3 Å². The Balaban J connectivity index is 1.48. The van der Waals surface area contributed by atoms with Gasteiger partial charge in [0.25, 0.3) is 0 Å². The number of hydrogen-bond donors (Lipinski definition) is 0. The number of carbonyl (C=O) groups excluding carboxylic acids is 1. The summed E-state index contributed by atoms with van der Waals surface area (Å²) in [6, 6.07) is 9.30. The van der Waals surface area contributed by atoms with E-state index >= 15 is 0 Å². The maximum absolute atomic E-state index is 12.4. The first-order chi connectivity index (χ1) is 10.1. The number of Topliss-reactive ketones (excluding diaryl/α,β-unsaturated/α-hetero) is 1. The normalized spacial score (nSPS) is 40.0. The first-order valence-electron chi connectivity index (χ1n) is 7.93. The molecule has 3 saturated carbocycles. The van der Waals surface area contributed by atoms with Crippen molar-refractivity contribution in [1.82, 2.24) is 0 Å². The Morgan fingerprint density at radius 2 is 1.95 bits per heavy atom. The first kappa shape index (κ1) is 13.5. The monoisotopic (exact) mass is 286 g/mol. The van der Waals surface area contributed by atoms with Crippen LogP contribution in [0, 0.1) is 23.2 Å². The van der Waals surface area contributed by atoms with Crippen LogP contribution in [0.15, 0.2) is 30.3 Å². The summed E-state index contributed by atoms with van der Waals surface area (Å²) in [7, 11) is 0. The first-order valence-corrected chi connectivity index (χ1v) is 7.93. The minimum absolute atomic E-state index is 0.0486. The van der Waals surface area contributed by atoms with Crippen molar-refractivity contribution in [2.45, 2.75) is 39.1 Å². The van der Waals surface area contributed by atoms with Crippen LogP contribution in [-0.2, 0) is 9.47 Å². The summed E-state index contributed by atoms with van der Waals surface area (Å²) in [5.74, 6) is 1.85. The van der Waals surface area contributed by atoms with Gasteiger partial charge in [0.1, 0.15) is 0 Å². The van der Waals surface area contributed by atoms with Crippen LogP contribution < -0.4 is 0 Å². The number of ether oxygens (including phenoxy) is 2. The van der Waals surface area contributed by atoms with Crippen molar-refractivity contribution in [1.29, 1.82) is 0 Å². The highest BCUT2D eigenvalue weighted by Gasteiger charge is 2.59. The Labute approximate surface area is 125 Å². The predicted molar refractivity (Wildman–Crippen MR) is 78.9 cm³/mol. The molecule has 5 atom stereocenters. The Morgan fingerprint density at radius 3 is 2.67 bits per heavy atom. The van der Waals surface area contributed by atoms with Gasteiger partial charge in [-0.2, -0.15) is 0 Å². The third kappa shape index (κ3) is 1.98. The summed E-state index contributed by atoms with van der Waals surface area (Å²) in [5, 5.41) is 0. The van der Waals surface area contributed by atoms with Crippen LogP contribution in [0.2, 0.25) is 0 Å². The molecule has 0 unspecified atom stereocenters. The van der Waals surface area contributed by atoms with Gasteiger partial charge in [-0.15, -0.1) is 0 Å². The molecule has 5 rings (SSSR count). The van der Waals surface area contributed by atoms with E-state index in [0.717, 1.165) is 12.3 Å². The second-order valence-electron chi connectivity index (χ2n) is 7.33. The lowest BCUT2D eigenvalue weighted by Crippen LogP contribution is -2.62. The third-order valence-corrected chi connectivity index (χ3v) is 6.07. The number of carbonyl (C=O) groups is 1. The van der Waals surface area contributed by atoms with Crippen LogP contribution in [0.25, 0.3) is 0 Å². The van der Waals surface area contributed by atoms with Gasteiger partial charge >= 0.3 is 0 Å². The fraction of sp³-hybridized carbons (Fsp3) is 0.611. The number of rotatable bonds is 2. The molecule has 112 valence electrons. The molecular weight excluding hydrogens is 264 g/mol. The zero-order valence-corrected chi connectivity index (χ0v) is 12.6. The van der Waals surface area contributed by atoms with Crippen molar-refractivity contribution in [3.63, 3.8) is 0 Å². The molecule has 3 nitrogen and oxygen atoms in total. The van der Waals surface area contributed by atoms with Crippen LogP contribution in [0.4, 0.5) is 0 Å². The predicted octanol–water partition coefficient (Wildman–Crippen LogP) is 3.29. The van der Waals surface area contributed by atoms with Gasteiger partial charge in [-0.3, -0.25) is 4.79 Å². The molecule has 0 N–H and O–H groups in total. The Kier molecular flexibility index (Phi) is 2.98. The fourth-order valence-electron chi connectivity index (χ4n) is 4.55. The number of ketones is 1. The maximum Gasteiger partial charge on any atom is 0.222 e. The lowest BCUT2D eigenvalue weighted by atomic mass is 9.45. The molecule has 1 aromatic rings. The number of hydrogen-bond acceptors (Lipinski definition) is 3. The van der Waals surface area contributed by atoms with Crippen molar-refractivity contribution in [3.05, 3.63) is 35.9 Å². The molecule has 4 aliphatic rings. The van der Waals surface area contributed by atoms with Gasteiger partial charge in [0, 0.05) is 11.5 Å². The third-order valence-electron chi connectivity index (χ3n) is 6.07. The number of benzene rings is 1. The van der Waals surface area contributed by atoms with Crippen LogP contribution in [0.3, 0.4) is 0 Å². The minimum Gasteiger partial charge on any atom is -0.345 e. The molecule has 3 aliphatic carbocycles. The van der Waals surface area contributed by atoms with Gasteiger partial charge in [-0.1, -0.05) is 44.2 Å². The molecule has 0 aromatic heterocycles. The minimum atomic E-state index is -0.714. The van der Waals surface area contributed by atoms with Crippen LogP contribution in [-0.4, -0.2) is 24.8 Å². The summed E-state index contributed by atoms with van der Waals surface area (Å²) < 4.78 is 11.8. The van der Waals surface area contributed by atoms with Crippen molar-refractivity contribution in [2.24, 2.45) is 23.2 Å². The summed E-state index contributed by atoms with van der Waals surface area (Å²) in [4.78, 5) is 12.4. The van der Waals surface area contributed by atoms with Crippen molar-refractivity contribution >= 4 is 5.78 Å². The van der Waals surface area contributed by atoms with Crippen LogP contribution in [0.5, 0.6) is 0 Å². The van der Waals surface area contributed by atoms with Crippen molar-refractivity contribution < 1.29 is 14.3 Å². The van der Waals surface area contributed by atoms with Gasteiger partial charge in [-0.25, -0.2) is 0 Å². The highest BCUT2D eigenvalue weighted by atomic mass is 16.7.